The van der Waals surface area contributed by atoms with Crippen LogP contribution in [0.3, 0.4) is 0 Å². The van der Waals surface area contributed by atoms with Gasteiger partial charge in [0.2, 0.25) is 0 Å². The molecule has 0 unspecified atom stereocenters. The number of ether oxygens (including phenoxy) is 1. The molecule has 1 saturated carbocycles. The van der Waals surface area contributed by atoms with Crippen molar-refractivity contribution in [2.75, 3.05) is 13.2 Å². The monoisotopic (exact) mass is 292 g/mol. The molecule has 1 N–H and O–H groups in total. The second kappa shape index (κ2) is 6.97. The van der Waals surface area contributed by atoms with Crippen molar-refractivity contribution in [3.8, 4) is 11.8 Å². The Balaban J connectivity index is 2.00. The van der Waals surface area contributed by atoms with E-state index in [1.807, 2.05) is 18.2 Å². The fourth-order valence-electron chi connectivity index (χ4n) is 2.18. The molecule has 0 amide bonds. The summed E-state index contributed by atoms with van der Waals surface area (Å²) in [5.74, 6) is 0.838. The van der Waals surface area contributed by atoms with E-state index in [1.54, 1.807) is 0 Å². The van der Waals surface area contributed by atoms with E-state index in [-0.39, 0.29) is 5.41 Å². The number of nitrogens with one attached hydrogen (secondary N) is 1. The lowest BCUT2D eigenvalue weighted by Gasteiger charge is -2.17. The van der Waals surface area contributed by atoms with Crippen molar-refractivity contribution in [3.63, 3.8) is 0 Å². The Kier molecular flexibility index (Phi) is 5.28. The zero-order chi connectivity index (χ0) is 14.4. The van der Waals surface area contributed by atoms with Gasteiger partial charge in [-0.05, 0) is 37.9 Å². The molecular formula is C16H21ClN2O. The third-order valence-electron chi connectivity index (χ3n) is 3.75. The maximum atomic E-state index is 8.84. The molecule has 0 radical (unpaired) electrons. The van der Waals surface area contributed by atoms with Gasteiger partial charge in [0.1, 0.15) is 5.75 Å². The highest BCUT2D eigenvalue weighted by molar-refractivity contribution is 6.31. The minimum Gasteiger partial charge on any atom is -0.493 e. The fourth-order valence-corrected chi connectivity index (χ4v) is 2.42. The lowest BCUT2D eigenvalue weighted by Crippen LogP contribution is -2.17. The summed E-state index contributed by atoms with van der Waals surface area (Å²) in [6, 6.07) is 8.01. The Labute approximate surface area is 125 Å². The molecule has 3 nitrogen and oxygen atoms in total. The van der Waals surface area contributed by atoms with Crippen LogP contribution in [0, 0.1) is 16.7 Å². The van der Waals surface area contributed by atoms with Crippen LogP contribution in [0.15, 0.2) is 18.2 Å². The van der Waals surface area contributed by atoms with Gasteiger partial charge in [0.15, 0.2) is 0 Å². The van der Waals surface area contributed by atoms with Crippen LogP contribution in [-0.2, 0) is 6.54 Å². The highest BCUT2D eigenvalue weighted by Crippen LogP contribution is 2.48. The van der Waals surface area contributed by atoms with Gasteiger partial charge in [-0.1, -0.05) is 24.6 Å². The normalized spacial score (nSPS) is 15.7. The number of rotatable bonds is 8. The number of hydrogen-bond acceptors (Lipinski definition) is 3. The quantitative estimate of drug-likeness (QED) is 0.739. The fraction of sp³-hybridized carbons (Fsp3) is 0.562. The van der Waals surface area contributed by atoms with Gasteiger partial charge >= 0.3 is 0 Å². The largest absolute Gasteiger partial charge is 0.493 e. The minimum atomic E-state index is 0.0885. The molecule has 108 valence electrons. The molecule has 1 aliphatic carbocycles. The number of nitrogens with zero attached hydrogens (tertiary/aromatic N) is 1. The van der Waals surface area contributed by atoms with Gasteiger partial charge in [0, 0.05) is 29.0 Å². The van der Waals surface area contributed by atoms with Crippen LogP contribution < -0.4 is 10.1 Å². The molecule has 0 aliphatic heterocycles. The lowest BCUT2D eigenvalue weighted by atomic mass is 10.1. The summed E-state index contributed by atoms with van der Waals surface area (Å²) in [6.07, 6.45) is 3.85. The van der Waals surface area contributed by atoms with Crippen molar-refractivity contribution >= 4 is 11.6 Å². The molecule has 0 saturated heterocycles. The molecule has 0 heterocycles. The van der Waals surface area contributed by atoms with Crippen molar-refractivity contribution < 1.29 is 4.74 Å². The van der Waals surface area contributed by atoms with Crippen LogP contribution in [0.2, 0.25) is 5.02 Å². The molecule has 0 aromatic heterocycles. The van der Waals surface area contributed by atoms with Crippen LogP contribution in [0.1, 0.15) is 38.2 Å². The van der Waals surface area contributed by atoms with Gasteiger partial charge in [0.05, 0.1) is 12.7 Å². The smallest absolute Gasteiger partial charge is 0.125 e. The van der Waals surface area contributed by atoms with E-state index in [4.69, 9.17) is 21.6 Å². The first-order valence-electron chi connectivity index (χ1n) is 7.18. The predicted octanol–water partition coefficient (Wildman–Crippen LogP) is 3.91. The Bertz CT molecular complexity index is 492. The molecule has 1 aromatic rings. The van der Waals surface area contributed by atoms with E-state index in [9.17, 15) is 0 Å². The van der Waals surface area contributed by atoms with Crippen molar-refractivity contribution in [2.24, 2.45) is 5.41 Å². The molecular weight excluding hydrogens is 272 g/mol. The SMILES string of the molecule is CCCNCc1c(Cl)cccc1OCC1(CC#N)CC1. The summed E-state index contributed by atoms with van der Waals surface area (Å²) in [7, 11) is 0. The molecule has 0 atom stereocenters. The van der Waals surface area contributed by atoms with E-state index >= 15 is 0 Å². The molecule has 1 aromatic carbocycles. The summed E-state index contributed by atoms with van der Waals surface area (Å²) in [4.78, 5) is 0. The van der Waals surface area contributed by atoms with Crippen LogP contribution in [0.5, 0.6) is 5.75 Å². The van der Waals surface area contributed by atoms with Crippen LogP contribution in [0.25, 0.3) is 0 Å². The molecule has 0 bridgehead atoms. The van der Waals surface area contributed by atoms with Crippen molar-refractivity contribution in [3.05, 3.63) is 28.8 Å². The molecule has 1 fully saturated rings. The number of benzene rings is 1. The average molecular weight is 293 g/mol. The van der Waals surface area contributed by atoms with Gasteiger partial charge in [0.25, 0.3) is 0 Å². The Hall–Kier alpha value is -1.24. The molecule has 0 spiro atoms. The number of halogens is 1. The first kappa shape index (κ1) is 15.2. The van der Waals surface area contributed by atoms with Gasteiger partial charge in [-0.2, -0.15) is 5.26 Å². The molecule has 4 heteroatoms. The van der Waals surface area contributed by atoms with Crippen molar-refractivity contribution in [1.29, 1.82) is 5.26 Å². The van der Waals surface area contributed by atoms with E-state index in [1.165, 1.54) is 0 Å². The van der Waals surface area contributed by atoms with Gasteiger partial charge < -0.3 is 10.1 Å². The summed E-state index contributed by atoms with van der Waals surface area (Å²) < 4.78 is 5.95. The second-order valence-corrected chi connectivity index (χ2v) is 5.92. The minimum absolute atomic E-state index is 0.0885. The van der Waals surface area contributed by atoms with Crippen LogP contribution in [0.4, 0.5) is 0 Å². The first-order chi connectivity index (χ1) is 9.71. The van der Waals surface area contributed by atoms with Crippen LogP contribution >= 0.6 is 11.6 Å². The number of nitriles is 1. The molecule has 20 heavy (non-hydrogen) atoms. The Morgan fingerprint density at radius 1 is 1.45 bits per heavy atom. The lowest BCUT2D eigenvalue weighted by molar-refractivity contribution is 0.234. The average Bonchev–Trinajstić information content (AvgIpc) is 3.20. The van der Waals surface area contributed by atoms with Crippen molar-refractivity contribution in [2.45, 2.75) is 39.2 Å². The Morgan fingerprint density at radius 2 is 2.25 bits per heavy atom. The topological polar surface area (TPSA) is 45.0 Å². The van der Waals surface area contributed by atoms with Gasteiger partial charge in [-0.3, -0.25) is 0 Å². The zero-order valence-corrected chi connectivity index (χ0v) is 12.7. The summed E-state index contributed by atoms with van der Waals surface area (Å²) in [5, 5.41) is 12.9. The van der Waals surface area contributed by atoms with Gasteiger partial charge in [-0.25, -0.2) is 0 Å². The zero-order valence-electron chi connectivity index (χ0n) is 11.9. The summed E-state index contributed by atoms with van der Waals surface area (Å²) >= 11 is 6.26. The summed E-state index contributed by atoms with van der Waals surface area (Å²) in [6.45, 7) is 4.43. The van der Waals surface area contributed by atoms with Crippen LogP contribution in [-0.4, -0.2) is 13.2 Å². The first-order valence-corrected chi connectivity index (χ1v) is 7.56. The predicted molar refractivity (Wildman–Crippen MR) is 80.8 cm³/mol. The third-order valence-corrected chi connectivity index (χ3v) is 4.10. The van der Waals surface area contributed by atoms with E-state index in [0.29, 0.717) is 19.6 Å². The summed E-state index contributed by atoms with van der Waals surface area (Å²) in [5.41, 5.74) is 1.10. The van der Waals surface area contributed by atoms with E-state index in [0.717, 1.165) is 42.1 Å². The maximum absolute atomic E-state index is 8.84. The van der Waals surface area contributed by atoms with E-state index < -0.39 is 0 Å². The Morgan fingerprint density at radius 3 is 2.90 bits per heavy atom. The third kappa shape index (κ3) is 3.88. The highest BCUT2D eigenvalue weighted by atomic mass is 35.5. The van der Waals surface area contributed by atoms with E-state index in [2.05, 4.69) is 18.3 Å². The van der Waals surface area contributed by atoms with Crippen molar-refractivity contribution in [1.82, 2.24) is 5.32 Å². The maximum Gasteiger partial charge on any atom is 0.125 e. The highest BCUT2D eigenvalue weighted by Gasteiger charge is 2.43. The number of hydrogen-bond donors (Lipinski definition) is 1. The molecule has 1 aliphatic rings. The van der Waals surface area contributed by atoms with Gasteiger partial charge in [-0.15, -0.1) is 0 Å². The standard InChI is InChI=1S/C16H21ClN2O/c1-2-10-19-11-13-14(17)4-3-5-15(13)20-12-16(6-7-16)8-9-18/h3-5,19H,2,6-8,10-12H2,1H3. The molecule has 2 rings (SSSR count). The second-order valence-electron chi connectivity index (χ2n) is 5.52.